The van der Waals surface area contributed by atoms with E-state index in [1.807, 2.05) is 0 Å². The minimum Gasteiger partial charge on any atom is -0.465 e. The monoisotopic (exact) mass is 225 g/mol. The van der Waals surface area contributed by atoms with Crippen LogP contribution in [0.15, 0.2) is 10.5 Å². The summed E-state index contributed by atoms with van der Waals surface area (Å²) in [5.41, 5.74) is 0.509. The molecule has 0 saturated carbocycles. The molecule has 0 amide bonds. The van der Waals surface area contributed by atoms with Crippen molar-refractivity contribution in [1.29, 1.82) is 0 Å². The number of hydrogen-bond donors (Lipinski definition) is 1. The Hall–Kier alpha value is -1.29. The van der Waals surface area contributed by atoms with E-state index in [2.05, 4.69) is 17.0 Å². The first kappa shape index (κ1) is 12.8. The van der Waals surface area contributed by atoms with E-state index in [0.717, 1.165) is 25.1 Å². The summed E-state index contributed by atoms with van der Waals surface area (Å²) in [6.07, 6.45) is 2.31. The summed E-state index contributed by atoms with van der Waals surface area (Å²) < 4.78 is 10.1. The van der Waals surface area contributed by atoms with Crippen molar-refractivity contribution >= 4 is 5.97 Å². The molecule has 0 aliphatic rings. The predicted octanol–water partition coefficient (Wildman–Crippen LogP) is 2.26. The number of rotatable bonds is 6. The second-order valence-corrected chi connectivity index (χ2v) is 3.70. The van der Waals surface area contributed by atoms with Gasteiger partial charge < -0.3 is 14.5 Å². The first-order chi connectivity index (χ1) is 7.69. The molecule has 0 aliphatic heterocycles. The van der Waals surface area contributed by atoms with Gasteiger partial charge in [-0.15, -0.1) is 0 Å². The van der Waals surface area contributed by atoms with Gasteiger partial charge in [-0.1, -0.05) is 13.3 Å². The fourth-order valence-electron chi connectivity index (χ4n) is 1.46. The van der Waals surface area contributed by atoms with E-state index < -0.39 is 0 Å². The maximum absolute atomic E-state index is 11.3. The standard InChI is InChI=1S/C12H19NO3/c1-4-5-6-13-8-10-7-11(9(2)16-10)12(14)15-3/h7,13H,4-6,8H2,1-3H3. The normalized spacial score (nSPS) is 10.4. The topological polar surface area (TPSA) is 51.5 Å². The quantitative estimate of drug-likeness (QED) is 0.596. The Bertz CT molecular complexity index is 344. The first-order valence-corrected chi connectivity index (χ1v) is 5.57. The van der Waals surface area contributed by atoms with Crippen LogP contribution >= 0.6 is 0 Å². The summed E-state index contributed by atoms with van der Waals surface area (Å²) in [7, 11) is 1.37. The lowest BCUT2D eigenvalue weighted by Gasteiger charge is -1.99. The highest BCUT2D eigenvalue weighted by atomic mass is 16.5. The van der Waals surface area contributed by atoms with Gasteiger partial charge in [0.25, 0.3) is 0 Å². The molecule has 0 aromatic carbocycles. The summed E-state index contributed by atoms with van der Waals surface area (Å²) in [5.74, 6) is 1.04. The van der Waals surface area contributed by atoms with E-state index in [1.165, 1.54) is 7.11 Å². The third-order valence-electron chi connectivity index (χ3n) is 2.38. The molecule has 0 unspecified atom stereocenters. The van der Waals surface area contributed by atoms with Gasteiger partial charge in [-0.3, -0.25) is 0 Å². The highest BCUT2D eigenvalue weighted by Gasteiger charge is 2.14. The van der Waals surface area contributed by atoms with Crippen LogP contribution in [0, 0.1) is 6.92 Å². The third kappa shape index (κ3) is 3.38. The number of unbranched alkanes of at least 4 members (excludes halogenated alkanes) is 1. The highest BCUT2D eigenvalue weighted by Crippen LogP contribution is 2.15. The van der Waals surface area contributed by atoms with E-state index >= 15 is 0 Å². The lowest BCUT2D eigenvalue weighted by molar-refractivity contribution is 0.0599. The summed E-state index contributed by atoms with van der Waals surface area (Å²) in [6.45, 7) is 5.53. The van der Waals surface area contributed by atoms with Gasteiger partial charge in [-0.25, -0.2) is 4.79 Å². The van der Waals surface area contributed by atoms with Crippen LogP contribution < -0.4 is 5.32 Å². The molecule has 0 atom stereocenters. The van der Waals surface area contributed by atoms with Crippen molar-refractivity contribution in [2.24, 2.45) is 0 Å². The molecule has 0 fully saturated rings. The second-order valence-electron chi connectivity index (χ2n) is 3.70. The van der Waals surface area contributed by atoms with Gasteiger partial charge in [0.2, 0.25) is 0 Å². The largest absolute Gasteiger partial charge is 0.465 e. The molecule has 0 saturated heterocycles. The highest BCUT2D eigenvalue weighted by molar-refractivity contribution is 5.90. The molecule has 0 radical (unpaired) electrons. The molecule has 1 aromatic heterocycles. The average Bonchev–Trinajstić information content (AvgIpc) is 2.65. The number of aryl methyl sites for hydroxylation is 1. The average molecular weight is 225 g/mol. The molecule has 1 heterocycles. The Morgan fingerprint density at radius 3 is 2.94 bits per heavy atom. The van der Waals surface area contributed by atoms with Crippen LogP contribution in [0.5, 0.6) is 0 Å². The van der Waals surface area contributed by atoms with Crippen LogP contribution in [-0.4, -0.2) is 19.6 Å². The molecule has 1 rings (SSSR count). The van der Waals surface area contributed by atoms with Gasteiger partial charge in [0.15, 0.2) is 0 Å². The minimum absolute atomic E-state index is 0.346. The smallest absolute Gasteiger partial charge is 0.341 e. The van der Waals surface area contributed by atoms with Crippen LogP contribution in [0.3, 0.4) is 0 Å². The molecular weight excluding hydrogens is 206 g/mol. The second kappa shape index (κ2) is 6.33. The van der Waals surface area contributed by atoms with Crippen LogP contribution in [0.4, 0.5) is 0 Å². The molecule has 4 heteroatoms. The molecule has 16 heavy (non-hydrogen) atoms. The SMILES string of the molecule is CCCCNCc1cc(C(=O)OC)c(C)o1. The van der Waals surface area contributed by atoms with Crippen molar-refractivity contribution in [1.82, 2.24) is 5.32 Å². The van der Waals surface area contributed by atoms with Gasteiger partial charge in [0, 0.05) is 0 Å². The molecule has 4 nitrogen and oxygen atoms in total. The zero-order chi connectivity index (χ0) is 12.0. The van der Waals surface area contributed by atoms with Crippen molar-refractivity contribution in [3.63, 3.8) is 0 Å². The molecule has 0 spiro atoms. The Morgan fingerprint density at radius 2 is 2.31 bits per heavy atom. The van der Waals surface area contributed by atoms with Crippen LogP contribution in [-0.2, 0) is 11.3 Å². The van der Waals surface area contributed by atoms with Crippen molar-refractivity contribution in [3.8, 4) is 0 Å². The predicted molar refractivity (Wildman–Crippen MR) is 61.4 cm³/mol. The molecule has 90 valence electrons. The molecule has 1 N–H and O–H groups in total. The van der Waals surface area contributed by atoms with Crippen molar-refractivity contribution in [2.45, 2.75) is 33.2 Å². The minimum atomic E-state index is -0.346. The van der Waals surface area contributed by atoms with Gasteiger partial charge in [-0.2, -0.15) is 0 Å². The number of carbonyl (C=O) groups is 1. The van der Waals surface area contributed by atoms with Crippen molar-refractivity contribution in [2.75, 3.05) is 13.7 Å². The third-order valence-corrected chi connectivity index (χ3v) is 2.38. The number of furan rings is 1. The summed E-state index contributed by atoms with van der Waals surface area (Å²) in [5, 5.41) is 3.25. The Labute approximate surface area is 96.0 Å². The fraction of sp³-hybridized carbons (Fsp3) is 0.583. The number of ether oxygens (including phenoxy) is 1. The molecule has 0 aliphatic carbocycles. The van der Waals surface area contributed by atoms with Crippen LogP contribution in [0.2, 0.25) is 0 Å². The van der Waals surface area contributed by atoms with Crippen molar-refractivity contribution < 1.29 is 13.9 Å². The number of hydrogen-bond acceptors (Lipinski definition) is 4. The maximum Gasteiger partial charge on any atom is 0.341 e. The zero-order valence-corrected chi connectivity index (χ0v) is 10.1. The van der Waals surface area contributed by atoms with E-state index in [1.54, 1.807) is 13.0 Å². The van der Waals surface area contributed by atoms with Crippen LogP contribution in [0.1, 0.15) is 41.6 Å². The Balaban J connectivity index is 2.52. The summed E-state index contributed by atoms with van der Waals surface area (Å²) in [4.78, 5) is 11.3. The summed E-state index contributed by atoms with van der Waals surface area (Å²) in [6, 6.07) is 1.74. The van der Waals surface area contributed by atoms with E-state index in [9.17, 15) is 4.79 Å². The van der Waals surface area contributed by atoms with E-state index in [-0.39, 0.29) is 5.97 Å². The Kier molecular flexibility index (Phi) is 5.05. The van der Waals surface area contributed by atoms with Crippen molar-refractivity contribution in [3.05, 3.63) is 23.2 Å². The number of carbonyl (C=O) groups excluding carboxylic acids is 1. The van der Waals surface area contributed by atoms with Gasteiger partial charge in [-0.05, 0) is 26.0 Å². The van der Waals surface area contributed by atoms with E-state index in [0.29, 0.717) is 17.9 Å². The lowest BCUT2D eigenvalue weighted by Crippen LogP contribution is -2.13. The maximum atomic E-state index is 11.3. The Morgan fingerprint density at radius 1 is 1.56 bits per heavy atom. The van der Waals surface area contributed by atoms with Crippen LogP contribution in [0.25, 0.3) is 0 Å². The lowest BCUT2D eigenvalue weighted by atomic mass is 10.2. The molecule has 1 aromatic rings. The number of nitrogens with one attached hydrogen (secondary N) is 1. The zero-order valence-electron chi connectivity index (χ0n) is 10.1. The number of methoxy groups -OCH3 is 1. The van der Waals surface area contributed by atoms with Gasteiger partial charge in [0.1, 0.15) is 17.1 Å². The first-order valence-electron chi connectivity index (χ1n) is 5.57. The van der Waals surface area contributed by atoms with Gasteiger partial charge in [0.05, 0.1) is 13.7 Å². The fourth-order valence-corrected chi connectivity index (χ4v) is 1.46. The summed E-state index contributed by atoms with van der Waals surface area (Å²) >= 11 is 0. The number of esters is 1. The molecule has 0 bridgehead atoms. The van der Waals surface area contributed by atoms with E-state index in [4.69, 9.17) is 4.42 Å². The molecular formula is C12H19NO3. The van der Waals surface area contributed by atoms with Gasteiger partial charge >= 0.3 is 5.97 Å².